The maximum Gasteiger partial charge on any atom is 0.167 e. The zero-order valence-corrected chi connectivity index (χ0v) is 11.5. The predicted octanol–water partition coefficient (Wildman–Crippen LogP) is 2.89. The Bertz CT molecular complexity index is 409. The van der Waals surface area contributed by atoms with Gasteiger partial charge < -0.3 is 14.8 Å². The summed E-state index contributed by atoms with van der Waals surface area (Å²) in [4.78, 5) is 0. The van der Waals surface area contributed by atoms with Crippen LogP contribution in [0.5, 0.6) is 5.75 Å². The number of benzene rings is 1. The minimum atomic E-state index is -0.684. The molecule has 0 radical (unpaired) electrons. The number of ether oxygens (including phenoxy) is 2. The van der Waals surface area contributed by atoms with Gasteiger partial charge in [-0.25, -0.2) is 8.78 Å². The van der Waals surface area contributed by atoms with E-state index in [-0.39, 0.29) is 12.4 Å². The van der Waals surface area contributed by atoms with Crippen LogP contribution in [0.3, 0.4) is 0 Å². The molecule has 1 fully saturated rings. The van der Waals surface area contributed by atoms with Crippen LogP contribution in [0.4, 0.5) is 8.78 Å². The van der Waals surface area contributed by atoms with E-state index in [1.807, 2.05) is 0 Å². The van der Waals surface area contributed by atoms with E-state index < -0.39 is 11.6 Å². The van der Waals surface area contributed by atoms with E-state index in [0.29, 0.717) is 19.3 Å². The molecule has 0 aliphatic carbocycles. The van der Waals surface area contributed by atoms with Crippen molar-refractivity contribution in [2.75, 3.05) is 26.4 Å². The fraction of sp³-hybridized carbons (Fsp3) is 0.600. The Morgan fingerprint density at radius 3 is 2.80 bits per heavy atom. The summed E-state index contributed by atoms with van der Waals surface area (Å²) in [5.41, 5.74) is 0. The predicted molar refractivity (Wildman–Crippen MR) is 72.9 cm³/mol. The molecule has 0 spiro atoms. The highest BCUT2D eigenvalue weighted by Gasteiger charge is 2.11. The Morgan fingerprint density at radius 2 is 2.05 bits per heavy atom. The molecule has 1 aromatic rings. The van der Waals surface area contributed by atoms with E-state index in [0.717, 1.165) is 19.0 Å². The minimum Gasteiger partial charge on any atom is -0.488 e. The quantitative estimate of drug-likeness (QED) is 0.781. The molecular weight excluding hydrogens is 264 g/mol. The molecule has 0 bridgehead atoms. The van der Waals surface area contributed by atoms with E-state index in [1.165, 1.54) is 31.4 Å². The molecule has 1 N–H and O–H groups in total. The standard InChI is InChI=1S/C15H21F2NO2/c16-12-4-5-15(14(17)11-12)20-10-9-19-8-6-13-3-1-2-7-18-13/h4-5,11,13,18H,1-3,6-10H2. The molecule has 0 amide bonds. The lowest BCUT2D eigenvalue weighted by molar-refractivity contribution is 0.0898. The molecule has 1 aromatic carbocycles. The van der Waals surface area contributed by atoms with Crippen molar-refractivity contribution in [3.63, 3.8) is 0 Å². The van der Waals surface area contributed by atoms with Gasteiger partial charge >= 0.3 is 0 Å². The Labute approximate surface area is 118 Å². The van der Waals surface area contributed by atoms with Crippen LogP contribution in [0.25, 0.3) is 0 Å². The highest BCUT2D eigenvalue weighted by molar-refractivity contribution is 5.24. The van der Waals surface area contributed by atoms with Crippen LogP contribution in [0.15, 0.2) is 18.2 Å². The van der Waals surface area contributed by atoms with Crippen LogP contribution in [0, 0.1) is 11.6 Å². The van der Waals surface area contributed by atoms with E-state index in [9.17, 15) is 8.78 Å². The van der Waals surface area contributed by atoms with Gasteiger partial charge in [0.2, 0.25) is 0 Å². The average Bonchev–Trinajstić information content (AvgIpc) is 2.46. The monoisotopic (exact) mass is 285 g/mol. The lowest BCUT2D eigenvalue weighted by Gasteiger charge is -2.23. The summed E-state index contributed by atoms with van der Waals surface area (Å²) < 4.78 is 36.6. The van der Waals surface area contributed by atoms with Crippen molar-refractivity contribution in [1.29, 1.82) is 0 Å². The number of halogens is 2. The lowest BCUT2D eigenvalue weighted by Crippen LogP contribution is -2.34. The zero-order valence-electron chi connectivity index (χ0n) is 11.5. The second-order valence-electron chi connectivity index (χ2n) is 4.97. The highest BCUT2D eigenvalue weighted by atomic mass is 19.1. The number of rotatable bonds is 7. The van der Waals surface area contributed by atoms with Gasteiger partial charge in [-0.05, 0) is 37.9 Å². The maximum atomic E-state index is 13.3. The molecule has 1 heterocycles. The molecule has 2 rings (SSSR count). The molecular formula is C15H21F2NO2. The summed E-state index contributed by atoms with van der Waals surface area (Å²) in [7, 11) is 0. The SMILES string of the molecule is Fc1ccc(OCCOCCC2CCCCN2)c(F)c1. The normalized spacial score (nSPS) is 19.0. The number of nitrogens with one attached hydrogen (secondary N) is 1. The van der Waals surface area contributed by atoms with E-state index in [2.05, 4.69) is 5.32 Å². The van der Waals surface area contributed by atoms with Gasteiger partial charge in [0.1, 0.15) is 12.4 Å². The number of piperidine rings is 1. The zero-order chi connectivity index (χ0) is 14.2. The van der Waals surface area contributed by atoms with Crippen molar-refractivity contribution in [3.8, 4) is 5.75 Å². The van der Waals surface area contributed by atoms with Crippen LogP contribution in [0.2, 0.25) is 0 Å². The Hall–Kier alpha value is -1.20. The number of hydrogen-bond donors (Lipinski definition) is 1. The first-order valence-corrected chi connectivity index (χ1v) is 7.14. The molecule has 1 unspecified atom stereocenters. The second-order valence-corrected chi connectivity index (χ2v) is 4.97. The largest absolute Gasteiger partial charge is 0.488 e. The van der Waals surface area contributed by atoms with Gasteiger partial charge in [0.25, 0.3) is 0 Å². The molecule has 1 aliphatic rings. The van der Waals surface area contributed by atoms with E-state index in [1.54, 1.807) is 0 Å². The smallest absolute Gasteiger partial charge is 0.167 e. The molecule has 0 saturated carbocycles. The topological polar surface area (TPSA) is 30.5 Å². The van der Waals surface area contributed by atoms with Crippen LogP contribution >= 0.6 is 0 Å². The van der Waals surface area contributed by atoms with Crippen molar-refractivity contribution in [1.82, 2.24) is 5.32 Å². The van der Waals surface area contributed by atoms with Gasteiger partial charge in [-0.2, -0.15) is 0 Å². The van der Waals surface area contributed by atoms with Crippen molar-refractivity contribution in [2.24, 2.45) is 0 Å². The maximum absolute atomic E-state index is 13.3. The van der Waals surface area contributed by atoms with E-state index >= 15 is 0 Å². The van der Waals surface area contributed by atoms with Crippen LogP contribution < -0.4 is 10.1 Å². The average molecular weight is 285 g/mol. The Kier molecular flexibility index (Phi) is 6.21. The van der Waals surface area contributed by atoms with Crippen molar-refractivity contribution in [3.05, 3.63) is 29.8 Å². The number of hydrogen-bond acceptors (Lipinski definition) is 3. The summed E-state index contributed by atoms with van der Waals surface area (Å²) >= 11 is 0. The highest BCUT2D eigenvalue weighted by Crippen LogP contribution is 2.17. The first kappa shape index (κ1) is 15.2. The molecule has 3 nitrogen and oxygen atoms in total. The van der Waals surface area contributed by atoms with Crippen molar-refractivity contribution < 1.29 is 18.3 Å². The van der Waals surface area contributed by atoms with Crippen molar-refractivity contribution in [2.45, 2.75) is 31.7 Å². The molecule has 1 aliphatic heterocycles. The second kappa shape index (κ2) is 8.17. The van der Waals surface area contributed by atoms with Gasteiger partial charge in [0.05, 0.1) is 6.61 Å². The summed E-state index contributed by atoms with van der Waals surface area (Å²) in [6.07, 6.45) is 4.74. The first-order chi connectivity index (χ1) is 9.75. The third-order valence-electron chi connectivity index (χ3n) is 3.40. The summed E-state index contributed by atoms with van der Waals surface area (Å²) in [5.74, 6) is -1.23. The third-order valence-corrected chi connectivity index (χ3v) is 3.40. The van der Waals surface area contributed by atoms with E-state index in [4.69, 9.17) is 9.47 Å². The fourth-order valence-electron chi connectivity index (χ4n) is 2.30. The van der Waals surface area contributed by atoms with Crippen LogP contribution in [0.1, 0.15) is 25.7 Å². The van der Waals surface area contributed by atoms with Gasteiger partial charge in [-0.1, -0.05) is 6.42 Å². The van der Waals surface area contributed by atoms with Crippen molar-refractivity contribution >= 4 is 0 Å². The van der Waals surface area contributed by atoms with Gasteiger partial charge in [-0.15, -0.1) is 0 Å². The molecule has 1 saturated heterocycles. The third kappa shape index (κ3) is 5.06. The lowest BCUT2D eigenvalue weighted by atomic mass is 10.0. The molecule has 5 heteroatoms. The van der Waals surface area contributed by atoms with Gasteiger partial charge in [-0.3, -0.25) is 0 Å². The van der Waals surface area contributed by atoms with Crippen LogP contribution in [-0.4, -0.2) is 32.4 Å². The molecule has 112 valence electrons. The van der Waals surface area contributed by atoms with Gasteiger partial charge in [0.15, 0.2) is 11.6 Å². The van der Waals surface area contributed by atoms with Gasteiger partial charge in [0, 0.05) is 18.7 Å². The minimum absolute atomic E-state index is 0.0592. The summed E-state index contributed by atoms with van der Waals surface area (Å²) in [5, 5.41) is 3.45. The molecule has 20 heavy (non-hydrogen) atoms. The first-order valence-electron chi connectivity index (χ1n) is 7.14. The fourth-order valence-corrected chi connectivity index (χ4v) is 2.30. The Balaban J connectivity index is 1.55. The van der Waals surface area contributed by atoms with Crippen LogP contribution in [-0.2, 0) is 4.74 Å². The molecule has 0 aromatic heterocycles. The summed E-state index contributed by atoms with van der Waals surface area (Å²) in [6.45, 7) is 2.44. The summed E-state index contributed by atoms with van der Waals surface area (Å²) in [6, 6.07) is 3.83. The molecule has 1 atom stereocenters. The Morgan fingerprint density at radius 1 is 1.15 bits per heavy atom.